The number of ether oxygens (including phenoxy) is 1. The van der Waals surface area contributed by atoms with E-state index >= 15 is 0 Å². The van der Waals surface area contributed by atoms with Gasteiger partial charge in [0.15, 0.2) is 5.12 Å². The van der Waals surface area contributed by atoms with Crippen LogP contribution >= 0.6 is 11.8 Å². The van der Waals surface area contributed by atoms with E-state index in [9.17, 15) is 13.2 Å². The Morgan fingerprint density at radius 3 is 2.20 bits per heavy atom. The third kappa shape index (κ3) is 5.32. The third-order valence-corrected chi connectivity index (χ3v) is 6.67. The van der Waals surface area contributed by atoms with Crippen LogP contribution < -0.4 is 4.74 Å². The molecule has 2 rings (SSSR count). The van der Waals surface area contributed by atoms with Gasteiger partial charge in [0, 0.05) is 25.8 Å². The minimum absolute atomic E-state index is 0.0277. The zero-order valence-corrected chi connectivity index (χ0v) is 16.0. The van der Waals surface area contributed by atoms with Crippen LogP contribution in [0.15, 0.2) is 59.5 Å². The van der Waals surface area contributed by atoms with Crippen molar-refractivity contribution in [3.05, 3.63) is 54.6 Å². The summed E-state index contributed by atoms with van der Waals surface area (Å²) in [5, 5.41) is -0.0277. The van der Waals surface area contributed by atoms with Crippen molar-refractivity contribution < 1.29 is 17.9 Å². The molecule has 25 heavy (non-hydrogen) atoms. The quantitative estimate of drug-likeness (QED) is 0.733. The summed E-state index contributed by atoms with van der Waals surface area (Å²) in [4.78, 5) is 11.2. The van der Waals surface area contributed by atoms with Gasteiger partial charge in [0.25, 0.3) is 0 Å². The van der Waals surface area contributed by atoms with Crippen molar-refractivity contribution in [2.75, 3.05) is 12.8 Å². The predicted molar refractivity (Wildman–Crippen MR) is 101 cm³/mol. The molecule has 0 amide bonds. The predicted octanol–water partition coefficient (Wildman–Crippen LogP) is 3.77. The lowest BCUT2D eigenvalue weighted by atomic mass is 10.3. The Balaban J connectivity index is 2.10. The van der Waals surface area contributed by atoms with Crippen LogP contribution in [0.4, 0.5) is 0 Å². The highest BCUT2D eigenvalue weighted by atomic mass is 32.2. The number of nitrogens with zero attached hydrogens (tertiary/aromatic N) is 1. The van der Waals surface area contributed by atoms with E-state index in [-0.39, 0.29) is 16.1 Å². The van der Waals surface area contributed by atoms with Gasteiger partial charge in [0.2, 0.25) is 10.0 Å². The van der Waals surface area contributed by atoms with E-state index in [1.54, 1.807) is 19.1 Å². The largest absolute Gasteiger partial charge is 0.457 e. The monoisotopic (exact) mass is 379 g/mol. The highest BCUT2D eigenvalue weighted by Crippen LogP contribution is 2.24. The molecule has 0 spiro atoms. The van der Waals surface area contributed by atoms with Crippen molar-refractivity contribution in [1.29, 1.82) is 0 Å². The first-order chi connectivity index (χ1) is 11.8. The number of sulfonamides is 1. The summed E-state index contributed by atoms with van der Waals surface area (Å²) < 4.78 is 32.3. The van der Waals surface area contributed by atoms with Crippen molar-refractivity contribution in [3.8, 4) is 11.5 Å². The van der Waals surface area contributed by atoms with Crippen LogP contribution in [-0.2, 0) is 14.8 Å². The molecule has 5 nitrogen and oxygen atoms in total. The molecule has 0 aromatic heterocycles. The maximum absolute atomic E-state index is 12.7. The van der Waals surface area contributed by atoms with E-state index in [1.165, 1.54) is 30.4 Å². The van der Waals surface area contributed by atoms with Crippen LogP contribution in [0.25, 0.3) is 0 Å². The summed E-state index contributed by atoms with van der Waals surface area (Å²) in [5.74, 6) is 1.67. The van der Waals surface area contributed by atoms with E-state index in [4.69, 9.17) is 4.74 Å². The molecule has 0 heterocycles. The Morgan fingerprint density at radius 2 is 1.64 bits per heavy atom. The molecule has 0 saturated carbocycles. The van der Waals surface area contributed by atoms with Crippen molar-refractivity contribution >= 4 is 26.9 Å². The van der Waals surface area contributed by atoms with Gasteiger partial charge in [-0.15, -0.1) is 0 Å². The number of benzene rings is 2. The standard InChI is InChI=1S/C18H21NO4S2/c1-14(13-24-15(2)20)19(3)25(21,22)18-11-9-17(10-12-18)23-16-7-5-4-6-8-16/h4-12,14H,13H2,1-3H3/t14-/m1/s1. The highest BCUT2D eigenvalue weighted by Gasteiger charge is 2.25. The average Bonchev–Trinajstić information content (AvgIpc) is 2.60. The molecule has 0 aliphatic heterocycles. The molecule has 134 valence electrons. The Morgan fingerprint density at radius 1 is 1.08 bits per heavy atom. The van der Waals surface area contributed by atoms with E-state index in [0.717, 1.165) is 11.8 Å². The van der Waals surface area contributed by atoms with Gasteiger partial charge in [-0.2, -0.15) is 4.31 Å². The minimum Gasteiger partial charge on any atom is -0.457 e. The second kappa shape index (κ2) is 8.51. The average molecular weight is 380 g/mol. The van der Waals surface area contributed by atoms with Gasteiger partial charge in [-0.1, -0.05) is 30.0 Å². The normalized spacial score (nSPS) is 12.8. The molecule has 0 unspecified atom stereocenters. The van der Waals surface area contributed by atoms with Crippen molar-refractivity contribution in [2.24, 2.45) is 0 Å². The molecule has 7 heteroatoms. The van der Waals surface area contributed by atoms with E-state index in [2.05, 4.69) is 0 Å². The van der Waals surface area contributed by atoms with Gasteiger partial charge in [-0.25, -0.2) is 8.42 Å². The SMILES string of the molecule is CC(=O)SC[C@@H](C)N(C)S(=O)(=O)c1ccc(Oc2ccccc2)cc1. The second-order valence-electron chi connectivity index (χ2n) is 5.56. The Bertz CT molecular complexity index is 805. The molecule has 0 N–H and O–H groups in total. The van der Waals surface area contributed by atoms with Crippen molar-refractivity contribution in [1.82, 2.24) is 4.31 Å². The highest BCUT2D eigenvalue weighted by molar-refractivity contribution is 8.13. The topological polar surface area (TPSA) is 63.7 Å². The van der Waals surface area contributed by atoms with E-state index in [1.807, 2.05) is 30.3 Å². The van der Waals surface area contributed by atoms with Gasteiger partial charge in [-0.05, 0) is 43.3 Å². The van der Waals surface area contributed by atoms with Crippen LogP contribution in [0, 0.1) is 0 Å². The molecule has 2 aromatic carbocycles. The van der Waals surface area contributed by atoms with Gasteiger partial charge in [-0.3, -0.25) is 4.79 Å². The van der Waals surface area contributed by atoms with Crippen molar-refractivity contribution in [3.63, 3.8) is 0 Å². The molecule has 0 bridgehead atoms. The minimum atomic E-state index is -3.62. The van der Waals surface area contributed by atoms with Crippen LogP contribution in [0.3, 0.4) is 0 Å². The van der Waals surface area contributed by atoms with Gasteiger partial charge >= 0.3 is 0 Å². The summed E-state index contributed by atoms with van der Waals surface area (Å²) in [5.41, 5.74) is 0. The summed E-state index contributed by atoms with van der Waals surface area (Å²) in [7, 11) is -2.10. The number of rotatable bonds is 7. The van der Waals surface area contributed by atoms with Crippen LogP contribution in [0.2, 0.25) is 0 Å². The van der Waals surface area contributed by atoms with Gasteiger partial charge in [0.05, 0.1) is 4.90 Å². The fourth-order valence-electron chi connectivity index (χ4n) is 2.05. The number of carbonyl (C=O) groups is 1. The lowest BCUT2D eigenvalue weighted by molar-refractivity contribution is -0.109. The molecule has 1 atom stereocenters. The fraction of sp³-hybridized carbons (Fsp3) is 0.278. The van der Waals surface area contributed by atoms with E-state index < -0.39 is 10.0 Å². The summed E-state index contributed by atoms with van der Waals surface area (Å²) in [6.07, 6.45) is 0. The number of hydrogen-bond donors (Lipinski definition) is 0. The molecule has 0 saturated heterocycles. The maximum Gasteiger partial charge on any atom is 0.243 e. The second-order valence-corrected chi connectivity index (χ2v) is 8.75. The molecule has 0 radical (unpaired) electrons. The first-order valence-corrected chi connectivity index (χ1v) is 10.2. The van der Waals surface area contributed by atoms with Crippen LogP contribution in [0.1, 0.15) is 13.8 Å². The summed E-state index contributed by atoms with van der Waals surface area (Å²) in [6.45, 7) is 3.25. The Labute approximate surface area is 153 Å². The first-order valence-electron chi connectivity index (χ1n) is 7.75. The molecular formula is C18H21NO4S2. The fourth-order valence-corrected chi connectivity index (χ4v) is 4.21. The van der Waals surface area contributed by atoms with Gasteiger partial charge < -0.3 is 4.74 Å². The van der Waals surface area contributed by atoms with Gasteiger partial charge in [0.1, 0.15) is 11.5 Å². The Kier molecular flexibility index (Phi) is 6.64. The molecule has 0 aliphatic rings. The number of carbonyl (C=O) groups excluding carboxylic acids is 1. The molecular weight excluding hydrogens is 358 g/mol. The lowest BCUT2D eigenvalue weighted by Crippen LogP contribution is -2.36. The lowest BCUT2D eigenvalue weighted by Gasteiger charge is -2.23. The molecule has 2 aromatic rings. The zero-order valence-electron chi connectivity index (χ0n) is 14.4. The number of para-hydroxylation sites is 1. The maximum atomic E-state index is 12.7. The first kappa shape index (κ1) is 19.5. The number of hydrogen-bond acceptors (Lipinski definition) is 5. The summed E-state index contributed by atoms with van der Waals surface area (Å²) >= 11 is 1.12. The van der Waals surface area contributed by atoms with Crippen LogP contribution in [-0.4, -0.2) is 36.7 Å². The zero-order chi connectivity index (χ0) is 18.4. The number of thioether (sulfide) groups is 1. The molecule has 0 fully saturated rings. The van der Waals surface area contributed by atoms with E-state index in [0.29, 0.717) is 17.3 Å². The van der Waals surface area contributed by atoms with Crippen LogP contribution in [0.5, 0.6) is 11.5 Å². The summed E-state index contributed by atoms with van der Waals surface area (Å²) in [6, 6.07) is 15.3. The molecule has 0 aliphatic carbocycles. The third-order valence-electron chi connectivity index (χ3n) is 3.63. The smallest absolute Gasteiger partial charge is 0.243 e. The van der Waals surface area contributed by atoms with Crippen molar-refractivity contribution in [2.45, 2.75) is 24.8 Å². The Hall–Kier alpha value is -1.83.